The zero-order chi connectivity index (χ0) is 11.5. The van der Waals surface area contributed by atoms with Gasteiger partial charge in [-0.25, -0.2) is 4.79 Å². The van der Waals surface area contributed by atoms with E-state index in [-0.39, 0.29) is 11.8 Å². The summed E-state index contributed by atoms with van der Waals surface area (Å²) in [5, 5.41) is 9.21. The minimum atomic E-state index is -0.418. The van der Waals surface area contributed by atoms with Crippen LogP contribution >= 0.6 is 0 Å². The van der Waals surface area contributed by atoms with Crippen LogP contribution in [0.25, 0.3) is 0 Å². The molecule has 5 heteroatoms. The molecule has 3 N–H and O–H groups in total. The van der Waals surface area contributed by atoms with Gasteiger partial charge in [0, 0.05) is 25.2 Å². The molecule has 1 saturated heterocycles. The molecule has 1 amide bonds. The van der Waals surface area contributed by atoms with Crippen LogP contribution in [-0.2, 0) is 0 Å². The number of phenols is 1. The van der Waals surface area contributed by atoms with Gasteiger partial charge in [0.05, 0.1) is 0 Å². The maximum absolute atomic E-state index is 11.6. The summed E-state index contributed by atoms with van der Waals surface area (Å²) in [6, 6.07) is 6.19. The number of likely N-dealkylation sites (tertiary alicyclic amines) is 1. The molecule has 0 radical (unpaired) electrons. The second kappa shape index (κ2) is 4.40. The Bertz CT molecular complexity index is 395. The lowest BCUT2D eigenvalue weighted by Crippen LogP contribution is -2.33. The predicted molar refractivity (Wildman–Crippen MR) is 58.3 cm³/mol. The Balaban J connectivity index is 1.97. The average molecular weight is 222 g/mol. The quantitative estimate of drug-likeness (QED) is 0.741. The number of aromatic hydroxyl groups is 1. The number of amides is 1. The van der Waals surface area contributed by atoms with Crippen molar-refractivity contribution in [3.63, 3.8) is 0 Å². The lowest BCUT2D eigenvalue weighted by atomic mass is 10.3. The highest BCUT2D eigenvalue weighted by Crippen LogP contribution is 2.19. The third kappa shape index (κ3) is 2.43. The highest BCUT2D eigenvalue weighted by Gasteiger charge is 2.24. The third-order valence-corrected chi connectivity index (χ3v) is 2.51. The number of ether oxygens (including phenoxy) is 1. The van der Waals surface area contributed by atoms with E-state index in [9.17, 15) is 9.90 Å². The van der Waals surface area contributed by atoms with Gasteiger partial charge in [-0.2, -0.15) is 0 Å². The highest BCUT2D eigenvalue weighted by molar-refractivity contribution is 5.71. The summed E-state index contributed by atoms with van der Waals surface area (Å²) in [6.45, 7) is 1.15. The molecule has 1 fully saturated rings. The SMILES string of the molecule is N[C@@H]1CCN(C(=O)Oc2cccc(O)c2)C1. The first-order valence-corrected chi connectivity index (χ1v) is 5.16. The largest absolute Gasteiger partial charge is 0.508 e. The first kappa shape index (κ1) is 10.8. The normalized spacial score (nSPS) is 19.8. The topological polar surface area (TPSA) is 75.8 Å². The smallest absolute Gasteiger partial charge is 0.415 e. The molecule has 16 heavy (non-hydrogen) atoms. The van der Waals surface area contributed by atoms with E-state index in [4.69, 9.17) is 10.5 Å². The number of phenolic OH excluding ortho intramolecular Hbond substituents is 1. The van der Waals surface area contributed by atoms with Gasteiger partial charge >= 0.3 is 6.09 Å². The molecule has 0 spiro atoms. The van der Waals surface area contributed by atoms with E-state index in [1.165, 1.54) is 12.1 Å². The van der Waals surface area contributed by atoms with Crippen LogP contribution in [-0.4, -0.2) is 35.2 Å². The average Bonchev–Trinajstić information content (AvgIpc) is 2.65. The lowest BCUT2D eigenvalue weighted by Gasteiger charge is -2.15. The molecule has 86 valence electrons. The standard InChI is InChI=1S/C11H14N2O3/c12-8-4-5-13(7-8)11(15)16-10-3-1-2-9(14)6-10/h1-3,6,8,14H,4-5,7,12H2/t8-/m1/s1. The molecule has 0 aromatic heterocycles. The van der Waals surface area contributed by atoms with Crippen LogP contribution in [0.2, 0.25) is 0 Å². The minimum absolute atomic E-state index is 0.0386. The maximum atomic E-state index is 11.6. The fourth-order valence-corrected chi connectivity index (χ4v) is 1.67. The zero-order valence-electron chi connectivity index (χ0n) is 8.80. The first-order valence-electron chi connectivity index (χ1n) is 5.16. The third-order valence-electron chi connectivity index (χ3n) is 2.51. The molecule has 0 bridgehead atoms. The van der Waals surface area contributed by atoms with E-state index < -0.39 is 6.09 Å². The van der Waals surface area contributed by atoms with Crippen LogP contribution in [0.3, 0.4) is 0 Å². The summed E-state index contributed by atoms with van der Waals surface area (Å²) in [5.41, 5.74) is 5.69. The van der Waals surface area contributed by atoms with Crippen LogP contribution in [0.4, 0.5) is 4.79 Å². The van der Waals surface area contributed by atoms with Crippen molar-refractivity contribution in [2.24, 2.45) is 5.73 Å². The molecule has 5 nitrogen and oxygen atoms in total. The van der Waals surface area contributed by atoms with Crippen molar-refractivity contribution in [2.75, 3.05) is 13.1 Å². The predicted octanol–water partition coefficient (Wildman–Crippen LogP) is 0.924. The lowest BCUT2D eigenvalue weighted by molar-refractivity contribution is 0.162. The van der Waals surface area contributed by atoms with Gasteiger partial charge in [-0.05, 0) is 18.6 Å². The Morgan fingerprint density at radius 3 is 3.00 bits per heavy atom. The molecular formula is C11H14N2O3. The zero-order valence-corrected chi connectivity index (χ0v) is 8.80. The summed E-state index contributed by atoms with van der Waals surface area (Å²) >= 11 is 0. The van der Waals surface area contributed by atoms with E-state index in [1.54, 1.807) is 17.0 Å². The first-order chi connectivity index (χ1) is 7.65. The van der Waals surface area contributed by atoms with Gasteiger partial charge < -0.3 is 20.5 Å². The van der Waals surface area contributed by atoms with E-state index in [0.717, 1.165) is 6.42 Å². The van der Waals surface area contributed by atoms with E-state index >= 15 is 0 Å². The monoisotopic (exact) mass is 222 g/mol. The van der Waals surface area contributed by atoms with Crippen LogP contribution in [0.5, 0.6) is 11.5 Å². The molecule has 0 unspecified atom stereocenters. The fourth-order valence-electron chi connectivity index (χ4n) is 1.67. The number of carbonyl (C=O) groups is 1. The van der Waals surface area contributed by atoms with Gasteiger partial charge in [-0.3, -0.25) is 0 Å². The van der Waals surface area contributed by atoms with Crippen molar-refractivity contribution in [2.45, 2.75) is 12.5 Å². The summed E-state index contributed by atoms with van der Waals surface area (Å²) in [7, 11) is 0. The molecule has 0 aliphatic carbocycles. The Morgan fingerprint density at radius 1 is 1.56 bits per heavy atom. The Labute approximate surface area is 93.4 Å². The van der Waals surface area contributed by atoms with Crippen molar-refractivity contribution in [3.05, 3.63) is 24.3 Å². The number of nitrogens with zero attached hydrogens (tertiary/aromatic N) is 1. The summed E-state index contributed by atoms with van der Waals surface area (Å²) < 4.78 is 5.10. The highest BCUT2D eigenvalue weighted by atomic mass is 16.6. The van der Waals surface area contributed by atoms with E-state index in [1.807, 2.05) is 0 Å². The van der Waals surface area contributed by atoms with Crippen LogP contribution < -0.4 is 10.5 Å². The second-order valence-corrected chi connectivity index (χ2v) is 3.86. The van der Waals surface area contributed by atoms with Crippen LogP contribution in [0, 0.1) is 0 Å². The molecule has 2 rings (SSSR count). The van der Waals surface area contributed by atoms with Crippen LogP contribution in [0.1, 0.15) is 6.42 Å². The second-order valence-electron chi connectivity index (χ2n) is 3.86. The number of hydrogen-bond acceptors (Lipinski definition) is 4. The van der Waals surface area contributed by atoms with Gasteiger partial charge in [0.15, 0.2) is 0 Å². The van der Waals surface area contributed by atoms with Gasteiger partial charge in [0.1, 0.15) is 11.5 Å². The van der Waals surface area contributed by atoms with Gasteiger partial charge in [0.2, 0.25) is 0 Å². The summed E-state index contributed by atoms with van der Waals surface area (Å²) in [4.78, 5) is 13.2. The Morgan fingerprint density at radius 2 is 2.38 bits per heavy atom. The van der Waals surface area contributed by atoms with Crippen molar-refractivity contribution >= 4 is 6.09 Å². The Hall–Kier alpha value is -1.75. The number of nitrogens with two attached hydrogens (primary N) is 1. The molecule has 1 aliphatic heterocycles. The summed E-state index contributed by atoms with van der Waals surface area (Å²) in [5.74, 6) is 0.411. The van der Waals surface area contributed by atoms with Crippen molar-refractivity contribution < 1.29 is 14.6 Å². The van der Waals surface area contributed by atoms with Crippen molar-refractivity contribution in [1.82, 2.24) is 4.90 Å². The van der Waals surface area contributed by atoms with Gasteiger partial charge in [-0.1, -0.05) is 6.07 Å². The van der Waals surface area contributed by atoms with E-state index in [0.29, 0.717) is 18.8 Å². The molecule has 1 aliphatic rings. The van der Waals surface area contributed by atoms with Crippen molar-refractivity contribution in [3.8, 4) is 11.5 Å². The van der Waals surface area contributed by atoms with Gasteiger partial charge in [-0.15, -0.1) is 0 Å². The molecule has 0 saturated carbocycles. The molecular weight excluding hydrogens is 208 g/mol. The summed E-state index contributed by atoms with van der Waals surface area (Å²) in [6.07, 6.45) is 0.383. The van der Waals surface area contributed by atoms with Crippen molar-refractivity contribution in [1.29, 1.82) is 0 Å². The maximum Gasteiger partial charge on any atom is 0.415 e. The molecule has 1 aromatic rings. The minimum Gasteiger partial charge on any atom is -0.508 e. The number of rotatable bonds is 1. The number of benzene rings is 1. The Kier molecular flexibility index (Phi) is 2.96. The fraction of sp³-hybridized carbons (Fsp3) is 0.364. The van der Waals surface area contributed by atoms with E-state index in [2.05, 4.69) is 0 Å². The number of carbonyl (C=O) groups excluding carboxylic acids is 1. The molecule has 1 atom stereocenters. The van der Waals surface area contributed by atoms with Crippen LogP contribution in [0.15, 0.2) is 24.3 Å². The number of hydrogen-bond donors (Lipinski definition) is 2. The molecule has 1 aromatic carbocycles. The molecule has 1 heterocycles. The van der Waals surface area contributed by atoms with Gasteiger partial charge in [0.25, 0.3) is 0 Å².